The molecule has 0 unspecified atom stereocenters. The second-order valence-electron chi connectivity index (χ2n) is 2.27. The highest BCUT2D eigenvalue weighted by Crippen LogP contribution is 2.34. The zero-order valence-electron chi connectivity index (χ0n) is 6.03. The van der Waals surface area contributed by atoms with Gasteiger partial charge in [-0.3, -0.25) is 0 Å². The van der Waals surface area contributed by atoms with Crippen molar-refractivity contribution in [3.05, 3.63) is 5.69 Å². The van der Waals surface area contributed by atoms with Gasteiger partial charge in [-0.15, -0.1) is 0 Å². The van der Waals surface area contributed by atoms with Gasteiger partial charge in [0.15, 0.2) is 5.69 Å². The average molecular weight is 186 g/mol. The van der Waals surface area contributed by atoms with E-state index in [-0.39, 0.29) is 5.69 Å². The molecule has 1 aromatic heterocycles. The lowest BCUT2D eigenvalue weighted by Crippen LogP contribution is -2.18. The van der Waals surface area contributed by atoms with Crippen LogP contribution in [0.3, 0.4) is 0 Å². The van der Waals surface area contributed by atoms with Crippen molar-refractivity contribution in [2.45, 2.75) is 0 Å². The maximum atomic E-state index is 10.6. The summed E-state index contributed by atoms with van der Waals surface area (Å²) in [6.07, 6.45) is 0. The third-order valence-corrected chi connectivity index (χ3v) is 2.26. The molecule has 0 spiro atoms. The van der Waals surface area contributed by atoms with Crippen molar-refractivity contribution in [2.75, 3.05) is 18.5 Å². The van der Waals surface area contributed by atoms with Crippen molar-refractivity contribution in [1.29, 1.82) is 0 Å². The fourth-order valence-electron chi connectivity index (χ4n) is 0.995. The lowest BCUT2D eigenvalue weighted by Gasteiger charge is -2.13. The van der Waals surface area contributed by atoms with Crippen molar-refractivity contribution in [3.63, 3.8) is 0 Å². The summed E-state index contributed by atoms with van der Waals surface area (Å²) in [5, 5.41) is 12.2. The van der Waals surface area contributed by atoms with Gasteiger partial charge in [-0.1, -0.05) is 0 Å². The number of carboxylic acids is 1. The molecular weight excluding hydrogens is 180 g/mol. The van der Waals surface area contributed by atoms with E-state index in [1.165, 1.54) is 0 Å². The van der Waals surface area contributed by atoms with Crippen LogP contribution in [0.25, 0.3) is 0 Å². The third-order valence-electron chi connectivity index (χ3n) is 1.50. The lowest BCUT2D eigenvalue weighted by atomic mass is 10.3. The molecule has 0 amide bonds. The van der Waals surface area contributed by atoms with E-state index in [2.05, 4.69) is 9.69 Å². The van der Waals surface area contributed by atoms with E-state index in [1.54, 1.807) is 0 Å². The van der Waals surface area contributed by atoms with Gasteiger partial charge in [-0.2, -0.15) is 4.37 Å². The monoisotopic (exact) mass is 186 g/mol. The van der Waals surface area contributed by atoms with E-state index in [9.17, 15) is 4.79 Å². The molecule has 5 nitrogen and oxygen atoms in total. The summed E-state index contributed by atoms with van der Waals surface area (Å²) in [5.41, 5.74) is 0.563. The number of nitrogens with zero attached hydrogens (tertiary/aromatic N) is 1. The summed E-state index contributed by atoms with van der Waals surface area (Å²) in [7, 11) is 0. The molecule has 0 bridgehead atoms. The Hall–Kier alpha value is -1.30. The normalized spacial score (nSPS) is 14.3. The maximum Gasteiger partial charge on any atom is 0.357 e. The summed E-state index contributed by atoms with van der Waals surface area (Å²) < 4.78 is 8.94. The minimum atomic E-state index is -1.02. The van der Waals surface area contributed by atoms with Crippen LogP contribution in [0.4, 0.5) is 5.69 Å². The topological polar surface area (TPSA) is 71.5 Å². The number of aromatic carboxylic acids is 1. The lowest BCUT2D eigenvalue weighted by molar-refractivity contribution is 0.0692. The first-order valence-electron chi connectivity index (χ1n) is 3.38. The first-order valence-corrected chi connectivity index (χ1v) is 4.16. The molecule has 0 aromatic carbocycles. The summed E-state index contributed by atoms with van der Waals surface area (Å²) in [6.45, 7) is 1.19. The summed E-state index contributed by atoms with van der Waals surface area (Å²) >= 11 is 1.06. The predicted octanol–water partition coefficient (Wildman–Crippen LogP) is 0.646. The van der Waals surface area contributed by atoms with Crippen molar-refractivity contribution in [1.82, 2.24) is 4.37 Å². The van der Waals surface area contributed by atoms with Crippen molar-refractivity contribution >= 4 is 23.2 Å². The van der Waals surface area contributed by atoms with Crippen LogP contribution in [0.1, 0.15) is 10.5 Å². The van der Waals surface area contributed by atoms with E-state index in [0.29, 0.717) is 23.9 Å². The van der Waals surface area contributed by atoms with Crippen LogP contribution in [0.15, 0.2) is 0 Å². The SMILES string of the molecule is O=C(O)c1nsc2c1NCCO2. The molecule has 1 aliphatic rings. The number of hydrogen-bond donors (Lipinski definition) is 2. The smallest absolute Gasteiger partial charge is 0.357 e. The highest BCUT2D eigenvalue weighted by Gasteiger charge is 2.22. The predicted molar refractivity (Wildman–Crippen MR) is 43.1 cm³/mol. The van der Waals surface area contributed by atoms with Crippen LogP contribution in [0, 0.1) is 0 Å². The first-order chi connectivity index (χ1) is 5.79. The third kappa shape index (κ3) is 1.00. The number of ether oxygens (including phenoxy) is 1. The van der Waals surface area contributed by atoms with E-state index < -0.39 is 5.97 Å². The van der Waals surface area contributed by atoms with Crippen molar-refractivity contribution < 1.29 is 14.6 Å². The Morgan fingerprint density at radius 3 is 3.33 bits per heavy atom. The molecule has 0 atom stereocenters. The van der Waals surface area contributed by atoms with Crippen molar-refractivity contribution in [2.24, 2.45) is 0 Å². The highest BCUT2D eigenvalue weighted by atomic mass is 32.1. The Labute approximate surface area is 72.1 Å². The molecule has 0 saturated heterocycles. The Balaban J connectivity index is 2.44. The van der Waals surface area contributed by atoms with E-state index in [1.807, 2.05) is 0 Å². The number of anilines is 1. The van der Waals surface area contributed by atoms with Crippen LogP contribution < -0.4 is 10.1 Å². The maximum absolute atomic E-state index is 10.6. The van der Waals surface area contributed by atoms with Gasteiger partial charge in [-0.25, -0.2) is 4.79 Å². The Bertz CT molecular complexity index is 323. The number of fused-ring (bicyclic) bond motifs is 1. The zero-order valence-corrected chi connectivity index (χ0v) is 6.85. The summed E-state index contributed by atoms with van der Waals surface area (Å²) in [4.78, 5) is 10.6. The Kier molecular flexibility index (Phi) is 1.61. The quantitative estimate of drug-likeness (QED) is 0.673. The second kappa shape index (κ2) is 2.63. The van der Waals surface area contributed by atoms with Crippen LogP contribution in [0.2, 0.25) is 0 Å². The fourth-order valence-corrected chi connectivity index (χ4v) is 1.73. The molecule has 0 radical (unpaired) electrons. The van der Waals surface area contributed by atoms with Crippen LogP contribution in [-0.4, -0.2) is 28.6 Å². The molecule has 64 valence electrons. The van der Waals surface area contributed by atoms with Gasteiger partial charge < -0.3 is 15.2 Å². The fraction of sp³-hybridized carbons (Fsp3) is 0.333. The van der Waals surface area contributed by atoms with Gasteiger partial charge in [-0.05, 0) is 0 Å². The zero-order chi connectivity index (χ0) is 8.55. The first kappa shape index (κ1) is 7.35. The van der Waals surface area contributed by atoms with E-state index in [4.69, 9.17) is 9.84 Å². The number of carbonyl (C=O) groups is 1. The molecule has 2 rings (SSSR count). The molecule has 0 aliphatic carbocycles. The largest absolute Gasteiger partial charge is 0.479 e. The standard InChI is InChI=1S/C6H6N2O3S/c9-5(10)3-4-6(12-8-3)11-2-1-7-4/h7H,1-2H2,(H,9,10). The molecule has 2 N–H and O–H groups in total. The Morgan fingerprint density at radius 2 is 2.58 bits per heavy atom. The molecule has 0 saturated carbocycles. The van der Waals surface area contributed by atoms with E-state index >= 15 is 0 Å². The molecule has 12 heavy (non-hydrogen) atoms. The van der Waals surface area contributed by atoms with Gasteiger partial charge in [0.05, 0.1) is 0 Å². The second-order valence-corrected chi connectivity index (χ2v) is 3.01. The van der Waals surface area contributed by atoms with Gasteiger partial charge in [0.2, 0.25) is 5.06 Å². The van der Waals surface area contributed by atoms with Crippen LogP contribution in [0.5, 0.6) is 5.06 Å². The van der Waals surface area contributed by atoms with Crippen LogP contribution in [-0.2, 0) is 0 Å². The number of rotatable bonds is 1. The van der Waals surface area contributed by atoms with Gasteiger partial charge >= 0.3 is 5.97 Å². The molecule has 6 heteroatoms. The number of aromatic nitrogens is 1. The molecule has 2 heterocycles. The molecule has 0 fully saturated rings. The van der Waals surface area contributed by atoms with Gasteiger partial charge in [0, 0.05) is 18.1 Å². The molecule has 1 aromatic rings. The van der Waals surface area contributed by atoms with Gasteiger partial charge in [0.25, 0.3) is 0 Å². The van der Waals surface area contributed by atoms with Crippen LogP contribution >= 0.6 is 11.5 Å². The number of hydrogen-bond acceptors (Lipinski definition) is 5. The molecule has 1 aliphatic heterocycles. The highest BCUT2D eigenvalue weighted by molar-refractivity contribution is 7.08. The number of nitrogens with one attached hydrogen (secondary N) is 1. The summed E-state index contributed by atoms with van der Waals surface area (Å²) in [5.74, 6) is -1.02. The number of carboxylic acid groups (broad SMARTS) is 1. The van der Waals surface area contributed by atoms with Gasteiger partial charge in [0.1, 0.15) is 12.3 Å². The average Bonchev–Trinajstić information content (AvgIpc) is 2.47. The Morgan fingerprint density at radius 1 is 1.75 bits per heavy atom. The minimum absolute atomic E-state index is 0.0506. The minimum Gasteiger partial charge on any atom is -0.479 e. The molecular formula is C6H6N2O3S. The summed E-state index contributed by atoms with van der Waals surface area (Å²) in [6, 6.07) is 0. The van der Waals surface area contributed by atoms with Crippen molar-refractivity contribution in [3.8, 4) is 5.06 Å². The van der Waals surface area contributed by atoms with E-state index in [0.717, 1.165) is 11.5 Å².